The molecule has 138 valence electrons. The highest BCUT2D eigenvalue weighted by atomic mass is 35.5. The van der Waals surface area contributed by atoms with Gasteiger partial charge in [0.15, 0.2) is 5.84 Å². The third kappa shape index (κ3) is 5.37. The van der Waals surface area contributed by atoms with Gasteiger partial charge < -0.3 is 4.90 Å². The number of rotatable bonds is 4. The molecule has 0 radical (unpaired) electrons. The molecular weight excluding hydrogens is 393 g/mol. The van der Waals surface area contributed by atoms with Gasteiger partial charge in [-0.1, -0.05) is 55.6 Å². The molecule has 0 aliphatic heterocycles. The van der Waals surface area contributed by atoms with Crippen molar-refractivity contribution in [1.29, 1.82) is 0 Å². The zero-order valence-corrected chi connectivity index (χ0v) is 17.2. The van der Waals surface area contributed by atoms with Crippen LogP contribution in [-0.2, 0) is 4.79 Å². The highest BCUT2D eigenvalue weighted by molar-refractivity contribution is 6.45. The average Bonchev–Trinajstić information content (AvgIpc) is 2.54. The van der Waals surface area contributed by atoms with E-state index in [1.165, 1.54) is 0 Å². The first-order valence-corrected chi connectivity index (χ1v) is 9.05. The van der Waals surface area contributed by atoms with Crippen LogP contribution in [0, 0.1) is 5.41 Å². The van der Waals surface area contributed by atoms with Crippen molar-refractivity contribution in [3.8, 4) is 0 Å². The van der Waals surface area contributed by atoms with Crippen molar-refractivity contribution >= 4 is 57.8 Å². The molecule has 0 atom stereocenters. The second-order valence-electron chi connectivity index (χ2n) is 6.82. The van der Waals surface area contributed by atoms with Gasteiger partial charge >= 0.3 is 0 Å². The summed E-state index contributed by atoms with van der Waals surface area (Å²) in [4.78, 5) is 14.6. The van der Waals surface area contributed by atoms with Gasteiger partial charge in [-0.2, -0.15) is 5.10 Å². The maximum atomic E-state index is 12.9. The number of amidine groups is 1. The Labute approximate surface area is 168 Å². The number of hydrogen-bond acceptors (Lipinski definition) is 3. The molecule has 0 saturated heterocycles. The quantitative estimate of drug-likeness (QED) is 0.373. The highest BCUT2D eigenvalue weighted by Crippen LogP contribution is 2.27. The lowest BCUT2D eigenvalue weighted by atomic mass is 9.89. The maximum Gasteiger partial charge on any atom is 0.205 e. The number of ketones is 1. The summed E-state index contributed by atoms with van der Waals surface area (Å²) in [5.74, 6) is 0.114. The molecule has 0 bridgehead atoms. The van der Waals surface area contributed by atoms with Crippen LogP contribution in [0.25, 0.3) is 0 Å². The molecule has 0 heterocycles. The number of likely N-dealkylation sites (N-methyl/N-ethyl adjacent to an activating group) is 1. The first-order chi connectivity index (χ1) is 12.1. The molecule has 0 amide bonds. The molecule has 0 aliphatic carbocycles. The minimum absolute atomic E-state index is 0.127. The molecule has 26 heavy (non-hydrogen) atoms. The monoisotopic (exact) mass is 411 g/mol. The number of benzene rings is 2. The van der Waals surface area contributed by atoms with E-state index in [9.17, 15) is 4.79 Å². The largest absolute Gasteiger partial charge is 0.325 e. The Morgan fingerprint density at radius 1 is 0.962 bits per heavy atom. The van der Waals surface area contributed by atoms with Crippen LogP contribution < -0.4 is 10.3 Å². The van der Waals surface area contributed by atoms with Gasteiger partial charge in [0.2, 0.25) is 5.78 Å². The van der Waals surface area contributed by atoms with Gasteiger partial charge in [-0.25, -0.2) is 0 Å². The summed E-state index contributed by atoms with van der Waals surface area (Å²) in [5.41, 5.74) is 3.67. The van der Waals surface area contributed by atoms with Gasteiger partial charge in [0.05, 0.1) is 5.69 Å². The number of carbonyl (C=O) groups excluding carboxylic acids is 1. The molecule has 4 nitrogen and oxygen atoms in total. The van der Waals surface area contributed by atoms with Gasteiger partial charge in [-0.3, -0.25) is 10.2 Å². The SMILES string of the molecule is CN(C(=NNc1ccc(Cl)cc1)C(=O)C(C)(C)C)c1cc(Cl)cc(Cl)c1. The Balaban J connectivity index is 2.41. The van der Waals surface area contributed by atoms with E-state index in [1.54, 1.807) is 54.4 Å². The summed E-state index contributed by atoms with van der Waals surface area (Å²) in [6, 6.07) is 12.1. The fraction of sp³-hybridized carbons (Fsp3) is 0.263. The van der Waals surface area contributed by atoms with Gasteiger partial charge in [0.1, 0.15) is 0 Å². The maximum absolute atomic E-state index is 12.9. The fourth-order valence-electron chi connectivity index (χ4n) is 2.11. The van der Waals surface area contributed by atoms with E-state index in [1.807, 2.05) is 20.8 Å². The molecule has 7 heteroatoms. The van der Waals surface area contributed by atoms with Crippen LogP contribution in [0.4, 0.5) is 11.4 Å². The average molecular weight is 413 g/mol. The third-order valence-corrected chi connectivity index (χ3v) is 4.26. The molecule has 2 aromatic rings. The topological polar surface area (TPSA) is 44.7 Å². The van der Waals surface area contributed by atoms with Crippen LogP contribution in [-0.4, -0.2) is 18.7 Å². The second kappa shape index (κ2) is 8.30. The first kappa shape index (κ1) is 20.6. The lowest BCUT2D eigenvalue weighted by Crippen LogP contribution is -2.40. The Morgan fingerprint density at radius 3 is 2.00 bits per heavy atom. The van der Waals surface area contributed by atoms with E-state index in [0.717, 1.165) is 0 Å². The fourth-order valence-corrected chi connectivity index (χ4v) is 2.75. The first-order valence-electron chi connectivity index (χ1n) is 7.92. The number of anilines is 2. The molecule has 2 rings (SSSR count). The summed E-state index contributed by atoms with van der Waals surface area (Å²) in [6.45, 7) is 5.52. The minimum Gasteiger partial charge on any atom is -0.325 e. The van der Waals surface area contributed by atoms with Crippen LogP contribution >= 0.6 is 34.8 Å². The zero-order valence-electron chi connectivity index (χ0n) is 15.0. The summed E-state index contributed by atoms with van der Waals surface area (Å²) < 4.78 is 0. The van der Waals surface area contributed by atoms with E-state index in [0.29, 0.717) is 26.4 Å². The van der Waals surface area contributed by atoms with E-state index >= 15 is 0 Å². The minimum atomic E-state index is -0.614. The molecule has 0 aromatic heterocycles. The van der Waals surface area contributed by atoms with Crippen molar-refractivity contribution < 1.29 is 4.79 Å². The number of halogens is 3. The second-order valence-corrected chi connectivity index (χ2v) is 8.13. The normalized spacial score (nSPS) is 12.0. The van der Waals surface area contributed by atoms with E-state index in [2.05, 4.69) is 10.5 Å². The van der Waals surface area contributed by atoms with E-state index in [4.69, 9.17) is 34.8 Å². The van der Waals surface area contributed by atoms with Crippen LogP contribution in [0.2, 0.25) is 15.1 Å². The van der Waals surface area contributed by atoms with Crippen molar-refractivity contribution in [2.75, 3.05) is 17.4 Å². The zero-order chi connectivity index (χ0) is 19.5. The predicted octanol–water partition coefficient (Wildman–Crippen LogP) is 6.12. The molecule has 0 spiro atoms. The molecule has 0 fully saturated rings. The molecule has 0 saturated carbocycles. The van der Waals surface area contributed by atoms with Gasteiger partial charge in [-0.15, -0.1) is 0 Å². The molecule has 0 aliphatic rings. The van der Waals surface area contributed by atoms with Crippen molar-refractivity contribution in [3.63, 3.8) is 0 Å². The number of hydrogen-bond donors (Lipinski definition) is 1. The standard InChI is InChI=1S/C19H20Cl3N3O/c1-19(2,3)17(26)18(24-23-15-7-5-12(20)6-8-15)25(4)16-10-13(21)9-14(22)11-16/h5-11,23H,1-4H3. The Hall–Kier alpha value is -1.75. The number of Topliss-reactive ketones (excluding diaryl/α,β-unsaturated/α-hetero) is 1. The van der Waals surface area contributed by atoms with Crippen LogP contribution in [0.5, 0.6) is 0 Å². The summed E-state index contributed by atoms with van der Waals surface area (Å²) in [6.07, 6.45) is 0. The number of nitrogens with one attached hydrogen (secondary N) is 1. The summed E-state index contributed by atoms with van der Waals surface area (Å²) in [5, 5.41) is 5.92. The molecule has 0 unspecified atom stereocenters. The van der Waals surface area contributed by atoms with Crippen molar-refractivity contribution in [3.05, 3.63) is 57.5 Å². The van der Waals surface area contributed by atoms with Crippen molar-refractivity contribution in [2.24, 2.45) is 10.5 Å². The summed E-state index contributed by atoms with van der Waals surface area (Å²) >= 11 is 18.1. The van der Waals surface area contributed by atoms with Gasteiger partial charge in [-0.05, 0) is 42.5 Å². The molecule has 1 N–H and O–H groups in total. The van der Waals surface area contributed by atoms with Crippen LogP contribution in [0.1, 0.15) is 20.8 Å². The number of nitrogens with zero attached hydrogens (tertiary/aromatic N) is 2. The van der Waals surface area contributed by atoms with Crippen molar-refractivity contribution in [2.45, 2.75) is 20.8 Å². The molecule has 2 aromatic carbocycles. The van der Waals surface area contributed by atoms with E-state index in [-0.39, 0.29) is 11.6 Å². The van der Waals surface area contributed by atoms with Crippen LogP contribution in [0.3, 0.4) is 0 Å². The van der Waals surface area contributed by atoms with Gasteiger partial charge in [0, 0.05) is 33.2 Å². The van der Waals surface area contributed by atoms with E-state index < -0.39 is 5.41 Å². The number of carbonyl (C=O) groups is 1. The summed E-state index contributed by atoms with van der Waals surface area (Å²) in [7, 11) is 1.74. The highest BCUT2D eigenvalue weighted by Gasteiger charge is 2.30. The Bertz CT molecular complexity index is 807. The van der Waals surface area contributed by atoms with Gasteiger partial charge in [0.25, 0.3) is 0 Å². The Kier molecular flexibility index (Phi) is 6.56. The third-order valence-electron chi connectivity index (χ3n) is 3.57. The predicted molar refractivity (Wildman–Crippen MR) is 112 cm³/mol. The van der Waals surface area contributed by atoms with Crippen molar-refractivity contribution in [1.82, 2.24) is 0 Å². The lowest BCUT2D eigenvalue weighted by Gasteiger charge is -2.26. The smallest absolute Gasteiger partial charge is 0.205 e. The number of hydrazone groups is 1. The van der Waals surface area contributed by atoms with Crippen LogP contribution in [0.15, 0.2) is 47.6 Å². The lowest BCUT2D eigenvalue weighted by molar-refractivity contribution is -0.119. The molecular formula is C19H20Cl3N3O. The Morgan fingerprint density at radius 2 is 1.50 bits per heavy atom.